The maximum Gasteiger partial charge on any atom is 0.254 e. The second kappa shape index (κ2) is 6.97. The van der Waals surface area contributed by atoms with E-state index >= 15 is 0 Å². The molecule has 0 aliphatic carbocycles. The number of para-hydroxylation sites is 2. The molecule has 0 spiro atoms. The average molecular weight is 338 g/mol. The minimum Gasteiger partial charge on any atom is -0.491 e. The third-order valence-corrected chi connectivity index (χ3v) is 4.06. The molecule has 25 heavy (non-hydrogen) atoms. The Bertz CT molecular complexity index is 801. The van der Waals surface area contributed by atoms with Gasteiger partial charge in [-0.2, -0.15) is 0 Å². The lowest BCUT2D eigenvalue weighted by Gasteiger charge is -2.21. The number of benzene rings is 2. The van der Waals surface area contributed by atoms with Gasteiger partial charge in [-0.3, -0.25) is 9.59 Å². The lowest BCUT2D eigenvalue weighted by Crippen LogP contribution is -2.36. The number of carbonyl (C=O) groups excluding carboxylic acids is 2. The highest BCUT2D eigenvalue weighted by Gasteiger charge is 2.37. The molecular formula is C20H22N2O3. The zero-order valence-electron chi connectivity index (χ0n) is 14.7. The molecule has 0 radical (unpaired) electrons. The molecule has 0 saturated heterocycles. The fourth-order valence-electron chi connectivity index (χ4n) is 3.06. The van der Waals surface area contributed by atoms with E-state index in [2.05, 4.69) is 5.32 Å². The Hall–Kier alpha value is -2.82. The van der Waals surface area contributed by atoms with Crippen LogP contribution in [0.1, 0.15) is 37.9 Å². The summed E-state index contributed by atoms with van der Waals surface area (Å²) in [6, 6.07) is 14.6. The lowest BCUT2D eigenvalue weighted by molar-refractivity contribution is -0.126. The van der Waals surface area contributed by atoms with Gasteiger partial charge in [-0.1, -0.05) is 36.4 Å². The molecular weight excluding hydrogens is 316 g/mol. The number of ether oxygens (including phenoxy) is 1. The molecule has 1 N–H and O–H groups in total. The van der Waals surface area contributed by atoms with Crippen molar-refractivity contribution in [2.75, 3.05) is 4.90 Å². The van der Waals surface area contributed by atoms with Gasteiger partial charge in [0.05, 0.1) is 12.6 Å². The van der Waals surface area contributed by atoms with Crippen molar-refractivity contribution in [2.24, 2.45) is 0 Å². The zero-order chi connectivity index (χ0) is 18.0. The van der Waals surface area contributed by atoms with Crippen molar-refractivity contribution in [3.05, 3.63) is 59.7 Å². The van der Waals surface area contributed by atoms with Gasteiger partial charge in [0, 0.05) is 23.7 Å². The van der Waals surface area contributed by atoms with Gasteiger partial charge in [-0.15, -0.1) is 0 Å². The SMILES string of the molecule is CC(=O)NC1C(=O)N(Cc2ccccc2OC(C)C)c2ccccc21. The predicted octanol–water partition coefficient (Wildman–Crippen LogP) is 3.20. The second-order valence-electron chi connectivity index (χ2n) is 6.39. The standard InChI is InChI=1S/C20H22N2O3/c1-13(2)25-18-11-7-4-8-15(18)12-22-17-10-6-5-9-16(17)19(20(22)24)21-14(3)23/h4-11,13,19H,12H2,1-3H3,(H,21,23). The normalized spacial score (nSPS) is 16.1. The Kier molecular flexibility index (Phi) is 4.74. The van der Waals surface area contributed by atoms with Gasteiger partial charge >= 0.3 is 0 Å². The first kappa shape index (κ1) is 17.0. The molecule has 130 valence electrons. The number of amides is 2. The third kappa shape index (κ3) is 3.50. The first-order chi connectivity index (χ1) is 12.0. The van der Waals surface area contributed by atoms with Crippen molar-refractivity contribution < 1.29 is 14.3 Å². The van der Waals surface area contributed by atoms with E-state index in [0.717, 1.165) is 22.6 Å². The van der Waals surface area contributed by atoms with E-state index in [4.69, 9.17) is 4.74 Å². The second-order valence-corrected chi connectivity index (χ2v) is 6.39. The summed E-state index contributed by atoms with van der Waals surface area (Å²) in [5.41, 5.74) is 2.58. The summed E-state index contributed by atoms with van der Waals surface area (Å²) in [4.78, 5) is 26.1. The molecule has 1 aliphatic rings. The molecule has 0 aromatic heterocycles. The zero-order valence-corrected chi connectivity index (χ0v) is 14.7. The highest BCUT2D eigenvalue weighted by molar-refractivity contribution is 6.06. The smallest absolute Gasteiger partial charge is 0.254 e. The fraction of sp³-hybridized carbons (Fsp3) is 0.300. The first-order valence-electron chi connectivity index (χ1n) is 8.39. The summed E-state index contributed by atoms with van der Waals surface area (Å²) in [6.07, 6.45) is 0.0508. The Morgan fingerprint density at radius 1 is 1.16 bits per heavy atom. The molecule has 0 saturated carbocycles. The van der Waals surface area contributed by atoms with Crippen LogP contribution in [0, 0.1) is 0 Å². The summed E-state index contributed by atoms with van der Waals surface area (Å²) in [5.74, 6) is 0.417. The number of fused-ring (bicyclic) bond motifs is 1. The van der Waals surface area contributed by atoms with Gasteiger partial charge in [0.1, 0.15) is 11.8 Å². The summed E-state index contributed by atoms with van der Waals surface area (Å²) < 4.78 is 5.86. The maximum atomic E-state index is 12.9. The van der Waals surface area contributed by atoms with Crippen molar-refractivity contribution in [3.8, 4) is 5.75 Å². The van der Waals surface area contributed by atoms with Gasteiger partial charge in [0.2, 0.25) is 5.91 Å². The van der Waals surface area contributed by atoms with Gasteiger partial charge in [0.15, 0.2) is 0 Å². The van der Waals surface area contributed by atoms with Crippen LogP contribution in [0.15, 0.2) is 48.5 Å². The Balaban J connectivity index is 1.93. The number of carbonyl (C=O) groups is 2. The van der Waals surface area contributed by atoms with E-state index in [1.165, 1.54) is 6.92 Å². The van der Waals surface area contributed by atoms with E-state index < -0.39 is 6.04 Å². The molecule has 1 heterocycles. The summed E-state index contributed by atoms with van der Waals surface area (Å²) in [6.45, 7) is 5.76. The largest absolute Gasteiger partial charge is 0.491 e. The predicted molar refractivity (Wildman–Crippen MR) is 96.4 cm³/mol. The molecule has 1 unspecified atom stereocenters. The highest BCUT2D eigenvalue weighted by atomic mass is 16.5. The van der Waals surface area contributed by atoms with E-state index in [9.17, 15) is 9.59 Å². The third-order valence-electron chi connectivity index (χ3n) is 4.06. The summed E-state index contributed by atoms with van der Waals surface area (Å²) in [7, 11) is 0. The Morgan fingerprint density at radius 2 is 1.84 bits per heavy atom. The van der Waals surface area contributed by atoms with Crippen LogP contribution in [0.2, 0.25) is 0 Å². The van der Waals surface area contributed by atoms with Crippen molar-refractivity contribution in [3.63, 3.8) is 0 Å². The van der Waals surface area contributed by atoms with Gasteiger partial charge in [0.25, 0.3) is 5.91 Å². The first-order valence-corrected chi connectivity index (χ1v) is 8.39. The van der Waals surface area contributed by atoms with Crippen LogP contribution < -0.4 is 15.0 Å². The van der Waals surface area contributed by atoms with Crippen LogP contribution in [0.5, 0.6) is 5.75 Å². The Labute approximate surface area is 147 Å². The van der Waals surface area contributed by atoms with Crippen LogP contribution in [0.3, 0.4) is 0 Å². The summed E-state index contributed by atoms with van der Waals surface area (Å²) in [5, 5.41) is 2.75. The van der Waals surface area contributed by atoms with Crippen LogP contribution in [0.25, 0.3) is 0 Å². The quantitative estimate of drug-likeness (QED) is 0.911. The monoisotopic (exact) mass is 338 g/mol. The molecule has 3 rings (SSSR count). The molecule has 0 fully saturated rings. The molecule has 1 atom stereocenters. The van der Waals surface area contributed by atoms with Crippen LogP contribution in [-0.2, 0) is 16.1 Å². The van der Waals surface area contributed by atoms with Gasteiger partial charge in [-0.05, 0) is 26.0 Å². The molecule has 5 heteroatoms. The van der Waals surface area contributed by atoms with Crippen LogP contribution in [-0.4, -0.2) is 17.9 Å². The topological polar surface area (TPSA) is 58.6 Å². The Morgan fingerprint density at radius 3 is 2.56 bits per heavy atom. The van der Waals surface area contributed by atoms with Crippen LogP contribution >= 0.6 is 0 Å². The van der Waals surface area contributed by atoms with E-state index in [1.807, 2.05) is 62.4 Å². The number of hydrogen-bond acceptors (Lipinski definition) is 3. The molecule has 2 aromatic rings. The average Bonchev–Trinajstić information content (AvgIpc) is 2.82. The van der Waals surface area contributed by atoms with Gasteiger partial charge < -0.3 is 15.0 Å². The van der Waals surface area contributed by atoms with E-state index in [-0.39, 0.29) is 17.9 Å². The number of rotatable bonds is 5. The van der Waals surface area contributed by atoms with Crippen molar-refractivity contribution in [1.29, 1.82) is 0 Å². The molecule has 0 bridgehead atoms. The molecule has 5 nitrogen and oxygen atoms in total. The summed E-state index contributed by atoms with van der Waals surface area (Å²) >= 11 is 0. The highest BCUT2D eigenvalue weighted by Crippen LogP contribution is 2.37. The van der Waals surface area contributed by atoms with Gasteiger partial charge in [-0.25, -0.2) is 0 Å². The number of anilines is 1. The van der Waals surface area contributed by atoms with Crippen molar-refractivity contribution in [2.45, 2.75) is 39.5 Å². The molecule has 2 aromatic carbocycles. The minimum atomic E-state index is -0.633. The van der Waals surface area contributed by atoms with Crippen molar-refractivity contribution >= 4 is 17.5 Å². The van der Waals surface area contributed by atoms with E-state index in [0.29, 0.717) is 6.54 Å². The maximum absolute atomic E-state index is 12.9. The minimum absolute atomic E-state index is 0.0508. The number of nitrogens with zero attached hydrogens (tertiary/aromatic N) is 1. The number of nitrogens with one attached hydrogen (secondary N) is 1. The van der Waals surface area contributed by atoms with E-state index in [1.54, 1.807) is 4.90 Å². The molecule has 1 aliphatic heterocycles. The fourth-order valence-corrected chi connectivity index (χ4v) is 3.06. The van der Waals surface area contributed by atoms with Crippen molar-refractivity contribution in [1.82, 2.24) is 5.32 Å². The number of hydrogen-bond donors (Lipinski definition) is 1. The lowest BCUT2D eigenvalue weighted by atomic mass is 10.1. The van der Waals surface area contributed by atoms with Crippen LogP contribution in [0.4, 0.5) is 5.69 Å². The molecule has 2 amide bonds.